The maximum atomic E-state index is 3.46. The van der Waals surface area contributed by atoms with Gasteiger partial charge < -0.3 is 5.32 Å². The summed E-state index contributed by atoms with van der Waals surface area (Å²) in [5, 5.41) is 3.46. The number of hydrogen-bond acceptors (Lipinski definition) is 2. The van der Waals surface area contributed by atoms with Crippen LogP contribution in [0.4, 0.5) is 0 Å². The molecule has 1 heterocycles. The first-order valence-corrected chi connectivity index (χ1v) is 8.18. The van der Waals surface area contributed by atoms with Gasteiger partial charge in [0.25, 0.3) is 0 Å². The molecule has 1 saturated heterocycles. The van der Waals surface area contributed by atoms with Gasteiger partial charge >= 0.3 is 0 Å². The quantitative estimate of drug-likeness (QED) is 0.799. The lowest BCUT2D eigenvalue weighted by Gasteiger charge is -2.33. The summed E-state index contributed by atoms with van der Waals surface area (Å²) in [5.41, 5.74) is 4.29. The van der Waals surface area contributed by atoms with Gasteiger partial charge in [-0.05, 0) is 75.4 Å². The highest BCUT2D eigenvalue weighted by atomic mass is 15.1. The number of nitrogens with one attached hydrogen (secondary N) is 1. The third-order valence-corrected chi connectivity index (χ3v) is 4.56. The van der Waals surface area contributed by atoms with E-state index in [1.54, 1.807) is 0 Å². The molecule has 0 saturated carbocycles. The Hall–Kier alpha value is -0.860. The Morgan fingerprint density at radius 2 is 2.10 bits per heavy atom. The van der Waals surface area contributed by atoms with Crippen LogP contribution < -0.4 is 5.32 Å². The second-order valence-corrected chi connectivity index (χ2v) is 6.30. The van der Waals surface area contributed by atoms with E-state index in [1.807, 2.05) is 0 Å². The Morgan fingerprint density at radius 1 is 1.25 bits per heavy atom. The number of benzene rings is 1. The van der Waals surface area contributed by atoms with Crippen molar-refractivity contribution in [3.05, 3.63) is 34.9 Å². The molecule has 1 N–H and O–H groups in total. The van der Waals surface area contributed by atoms with E-state index in [1.165, 1.54) is 55.6 Å². The predicted octanol–water partition coefficient (Wildman–Crippen LogP) is 3.52. The summed E-state index contributed by atoms with van der Waals surface area (Å²) in [4.78, 5) is 2.64. The van der Waals surface area contributed by atoms with Crippen LogP contribution in [0.15, 0.2) is 18.2 Å². The van der Waals surface area contributed by atoms with Gasteiger partial charge in [0.05, 0.1) is 0 Å². The lowest BCUT2D eigenvalue weighted by atomic mass is 9.94. The smallest absolute Gasteiger partial charge is 0.0233 e. The van der Waals surface area contributed by atoms with Crippen molar-refractivity contribution in [3.8, 4) is 0 Å². The molecule has 2 heteroatoms. The van der Waals surface area contributed by atoms with Gasteiger partial charge in [0.2, 0.25) is 0 Å². The maximum absolute atomic E-state index is 3.46. The maximum Gasteiger partial charge on any atom is 0.0233 e. The van der Waals surface area contributed by atoms with Crippen LogP contribution >= 0.6 is 0 Å². The molecule has 20 heavy (non-hydrogen) atoms. The largest absolute Gasteiger partial charge is 0.317 e. The zero-order valence-corrected chi connectivity index (χ0v) is 13.4. The minimum Gasteiger partial charge on any atom is -0.317 e. The van der Waals surface area contributed by atoms with Crippen LogP contribution in [-0.4, -0.2) is 31.1 Å². The first-order valence-electron chi connectivity index (χ1n) is 8.18. The standard InChI is InChI=1S/C18H30N2/c1-4-19-10-9-17-6-5-11-20(13-17)14-18-8-7-15(2)16(3)12-18/h7-8,12,17,19H,4-6,9-11,13-14H2,1-3H3. The van der Waals surface area contributed by atoms with Crippen LogP contribution in [0.2, 0.25) is 0 Å². The van der Waals surface area contributed by atoms with Crippen LogP contribution in [-0.2, 0) is 6.54 Å². The van der Waals surface area contributed by atoms with Crippen LogP contribution in [0.25, 0.3) is 0 Å². The molecule has 0 aliphatic carbocycles. The molecule has 0 radical (unpaired) electrons. The summed E-state index contributed by atoms with van der Waals surface area (Å²) < 4.78 is 0. The topological polar surface area (TPSA) is 15.3 Å². The molecule has 1 aliphatic rings. The second kappa shape index (κ2) is 7.80. The van der Waals surface area contributed by atoms with Gasteiger partial charge in [-0.25, -0.2) is 0 Å². The van der Waals surface area contributed by atoms with Gasteiger partial charge in [0.15, 0.2) is 0 Å². The highest BCUT2D eigenvalue weighted by Crippen LogP contribution is 2.21. The van der Waals surface area contributed by atoms with Crippen LogP contribution in [0.5, 0.6) is 0 Å². The molecule has 0 amide bonds. The third kappa shape index (κ3) is 4.60. The first kappa shape index (κ1) is 15.5. The van der Waals surface area contributed by atoms with Crippen LogP contribution in [0.1, 0.15) is 42.9 Å². The van der Waals surface area contributed by atoms with Crippen molar-refractivity contribution in [2.75, 3.05) is 26.2 Å². The van der Waals surface area contributed by atoms with E-state index in [0.717, 1.165) is 19.0 Å². The van der Waals surface area contributed by atoms with E-state index in [9.17, 15) is 0 Å². The molecule has 112 valence electrons. The van der Waals surface area contributed by atoms with Crippen molar-refractivity contribution >= 4 is 0 Å². The summed E-state index contributed by atoms with van der Waals surface area (Å²) in [6.45, 7) is 12.5. The number of piperidine rings is 1. The van der Waals surface area contributed by atoms with Crippen molar-refractivity contribution < 1.29 is 0 Å². The summed E-state index contributed by atoms with van der Waals surface area (Å²) in [6.07, 6.45) is 4.10. The molecule has 1 fully saturated rings. The number of hydrogen-bond donors (Lipinski definition) is 1. The molecule has 0 spiro atoms. The summed E-state index contributed by atoms with van der Waals surface area (Å²) in [5.74, 6) is 0.884. The molecule has 1 aliphatic heterocycles. The Bertz CT molecular complexity index is 414. The van der Waals surface area contributed by atoms with E-state index in [2.05, 4.69) is 49.2 Å². The predicted molar refractivity (Wildman–Crippen MR) is 87.1 cm³/mol. The van der Waals surface area contributed by atoms with Gasteiger partial charge in [0, 0.05) is 13.1 Å². The fraction of sp³-hybridized carbons (Fsp3) is 0.667. The van der Waals surface area contributed by atoms with E-state index in [-0.39, 0.29) is 0 Å². The van der Waals surface area contributed by atoms with Crippen molar-refractivity contribution in [2.45, 2.75) is 46.6 Å². The van der Waals surface area contributed by atoms with Crippen molar-refractivity contribution in [2.24, 2.45) is 5.92 Å². The number of likely N-dealkylation sites (tertiary alicyclic amines) is 1. The van der Waals surface area contributed by atoms with E-state index in [0.29, 0.717) is 0 Å². The van der Waals surface area contributed by atoms with Crippen molar-refractivity contribution in [1.29, 1.82) is 0 Å². The molecule has 0 aromatic heterocycles. The average Bonchev–Trinajstić information content (AvgIpc) is 2.44. The van der Waals surface area contributed by atoms with Gasteiger partial charge in [0.1, 0.15) is 0 Å². The molecule has 2 nitrogen and oxygen atoms in total. The lowest BCUT2D eigenvalue weighted by molar-refractivity contribution is 0.161. The van der Waals surface area contributed by atoms with E-state index < -0.39 is 0 Å². The highest BCUT2D eigenvalue weighted by molar-refractivity contribution is 5.29. The van der Waals surface area contributed by atoms with E-state index >= 15 is 0 Å². The normalized spacial score (nSPS) is 20.2. The zero-order chi connectivity index (χ0) is 14.4. The van der Waals surface area contributed by atoms with Crippen LogP contribution in [0.3, 0.4) is 0 Å². The SMILES string of the molecule is CCNCCC1CCCN(Cc2ccc(C)c(C)c2)C1. The highest BCUT2D eigenvalue weighted by Gasteiger charge is 2.19. The Labute approximate surface area is 124 Å². The fourth-order valence-corrected chi connectivity index (χ4v) is 3.17. The molecule has 2 rings (SSSR count). The first-order chi connectivity index (χ1) is 9.69. The third-order valence-electron chi connectivity index (χ3n) is 4.56. The molecule has 1 atom stereocenters. The monoisotopic (exact) mass is 274 g/mol. The van der Waals surface area contributed by atoms with Crippen molar-refractivity contribution in [3.63, 3.8) is 0 Å². The molecule has 1 aromatic carbocycles. The lowest BCUT2D eigenvalue weighted by Crippen LogP contribution is -2.36. The fourth-order valence-electron chi connectivity index (χ4n) is 3.17. The average molecular weight is 274 g/mol. The molecule has 1 aromatic rings. The van der Waals surface area contributed by atoms with Gasteiger partial charge in [-0.1, -0.05) is 25.1 Å². The number of rotatable bonds is 6. The molecule has 1 unspecified atom stereocenters. The number of nitrogens with zero attached hydrogens (tertiary/aromatic N) is 1. The summed E-state index contributed by atoms with van der Waals surface area (Å²) in [7, 11) is 0. The van der Waals surface area contributed by atoms with Crippen molar-refractivity contribution in [1.82, 2.24) is 10.2 Å². The summed E-state index contributed by atoms with van der Waals surface area (Å²) >= 11 is 0. The number of aryl methyl sites for hydroxylation is 2. The van der Waals surface area contributed by atoms with E-state index in [4.69, 9.17) is 0 Å². The second-order valence-electron chi connectivity index (χ2n) is 6.30. The molecule has 0 bridgehead atoms. The van der Waals surface area contributed by atoms with Gasteiger partial charge in [-0.15, -0.1) is 0 Å². The Balaban J connectivity index is 1.84. The molecular weight excluding hydrogens is 244 g/mol. The zero-order valence-electron chi connectivity index (χ0n) is 13.4. The van der Waals surface area contributed by atoms with Gasteiger partial charge in [-0.3, -0.25) is 4.90 Å². The van der Waals surface area contributed by atoms with Crippen LogP contribution in [0, 0.1) is 19.8 Å². The summed E-state index contributed by atoms with van der Waals surface area (Å²) in [6, 6.07) is 6.92. The van der Waals surface area contributed by atoms with Gasteiger partial charge in [-0.2, -0.15) is 0 Å². The minimum absolute atomic E-state index is 0.884. The molecular formula is C18H30N2. The minimum atomic E-state index is 0.884. The Morgan fingerprint density at radius 3 is 2.85 bits per heavy atom. The Kier molecular flexibility index (Phi) is 6.06.